The molecule has 0 aliphatic rings. The van der Waals surface area contributed by atoms with Gasteiger partial charge in [0.05, 0.1) is 12.5 Å². The zero-order valence-corrected chi connectivity index (χ0v) is 26.3. The summed E-state index contributed by atoms with van der Waals surface area (Å²) < 4.78 is 18.2. The zero-order valence-electron chi connectivity index (χ0n) is 25.5. The normalized spacial score (nSPS) is 13.0. The van der Waals surface area contributed by atoms with Crippen molar-refractivity contribution < 1.29 is 38.2 Å². The van der Waals surface area contributed by atoms with Crippen molar-refractivity contribution in [2.75, 3.05) is 26.4 Å². The summed E-state index contributed by atoms with van der Waals surface area (Å²) in [5.74, 6) is -1.91. The highest BCUT2D eigenvalue weighted by atomic mass is 32.1. The lowest BCUT2D eigenvalue weighted by molar-refractivity contribution is -0.180. The number of thiophene rings is 1. The number of amides is 4. The molecule has 0 aliphatic heterocycles. The van der Waals surface area contributed by atoms with Crippen LogP contribution in [0.3, 0.4) is 0 Å². The highest BCUT2D eigenvalue weighted by Crippen LogP contribution is 2.28. The molecule has 2 atom stereocenters. The van der Waals surface area contributed by atoms with Gasteiger partial charge in [0.1, 0.15) is 11.6 Å². The summed E-state index contributed by atoms with van der Waals surface area (Å²) >= 11 is 1.56. The molecule has 12 nitrogen and oxygen atoms in total. The van der Waals surface area contributed by atoms with Gasteiger partial charge in [0.25, 0.3) is 0 Å². The van der Waals surface area contributed by atoms with E-state index in [0.717, 1.165) is 15.6 Å². The lowest BCUT2D eigenvalue weighted by Gasteiger charge is -2.36. The molecule has 0 saturated heterocycles. The predicted octanol–water partition coefficient (Wildman–Crippen LogP) is 3.48. The van der Waals surface area contributed by atoms with Gasteiger partial charge >= 0.3 is 12.0 Å². The van der Waals surface area contributed by atoms with E-state index in [1.54, 1.807) is 50.9 Å². The van der Waals surface area contributed by atoms with E-state index < -0.39 is 60.8 Å². The second-order valence-electron chi connectivity index (χ2n) is 10.4. The minimum absolute atomic E-state index is 0.177. The maximum absolute atomic E-state index is 14.2. The number of hydrogen-bond donors (Lipinski definition) is 3. The quantitative estimate of drug-likeness (QED) is 0.149. The number of rotatable bonds is 16. The molecule has 0 bridgehead atoms. The van der Waals surface area contributed by atoms with Crippen molar-refractivity contribution in [1.29, 1.82) is 0 Å². The first kappa shape index (κ1) is 34.9. The number of hydrogen-bond acceptors (Lipinski definition) is 9. The predicted molar refractivity (Wildman–Crippen MR) is 159 cm³/mol. The molecule has 1 heterocycles. The fourth-order valence-electron chi connectivity index (χ4n) is 4.11. The van der Waals surface area contributed by atoms with Crippen LogP contribution in [0.5, 0.6) is 0 Å². The first-order valence-electron chi connectivity index (χ1n) is 14.1. The fraction of sp³-hybridized carbons (Fsp3) is 0.586. The molecule has 4 amide bonds. The highest BCUT2D eigenvalue weighted by molar-refractivity contribution is 7.17. The van der Waals surface area contributed by atoms with E-state index in [4.69, 9.17) is 19.0 Å². The maximum atomic E-state index is 14.2. The van der Waals surface area contributed by atoms with Crippen molar-refractivity contribution in [2.24, 2.45) is 0 Å². The number of urea groups is 1. The molecule has 42 heavy (non-hydrogen) atoms. The third-order valence-electron chi connectivity index (χ3n) is 5.86. The number of esters is 1. The van der Waals surface area contributed by atoms with Crippen molar-refractivity contribution in [3.8, 4) is 0 Å². The summed E-state index contributed by atoms with van der Waals surface area (Å²) in [5.41, 5.74) is 2.19. The van der Waals surface area contributed by atoms with Crippen LogP contribution < -0.4 is 16.1 Å². The summed E-state index contributed by atoms with van der Waals surface area (Å²) in [6, 6.07) is 5.36. The summed E-state index contributed by atoms with van der Waals surface area (Å²) in [6.45, 7) is 13.0. The van der Waals surface area contributed by atoms with Gasteiger partial charge in [-0.15, -0.1) is 11.3 Å². The third-order valence-corrected chi connectivity index (χ3v) is 6.87. The van der Waals surface area contributed by atoms with Gasteiger partial charge in [0, 0.05) is 31.0 Å². The molecule has 0 aliphatic carbocycles. The molecule has 1 aromatic carbocycles. The van der Waals surface area contributed by atoms with E-state index in [1.807, 2.05) is 43.5 Å². The first-order chi connectivity index (χ1) is 19.9. The Hall–Kier alpha value is -3.26. The summed E-state index contributed by atoms with van der Waals surface area (Å²) in [7, 11) is 0. The van der Waals surface area contributed by atoms with Gasteiger partial charge in [-0.3, -0.25) is 19.2 Å². The van der Waals surface area contributed by atoms with E-state index in [2.05, 4.69) is 16.1 Å². The summed E-state index contributed by atoms with van der Waals surface area (Å²) in [4.78, 5) is 58.0. The largest absolute Gasteiger partial charge is 0.460 e. The average molecular weight is 609 g/mol. The topological polar surface area (TPSA) is 145 Å². The van der Waals surface area contributed by atoms with Gasteiger partial charge < -0.3 is 29.7 Å². The number of nitrogens with one attached hydrogen (secondary N) is 3. The van der Waals surface area contributed by atoms with E-state index >= 15 is 0 Å². The van der Waals surface area contributed by atoms with Crippen LogP contribution in [0.4, 0.5) is 4.79 Å². The number of ether oxygens (including phenoxy) is 3. The third kappa shape index (κ3) is 11.2. The number of nitrogens with zero attached hydrogens (tertiary/aromatic N) is 1. The van der Waals surface area contributed by atoms with Crippen LogP contribution in [0.2, 0.25) is 0 Å². The number of carbonyl (C=O) groups is 4. The Morgan fingerprint density at radius 2 is 1.69 bits per heavy atom. The Labute approximate surface area is 251 Å². The smallest absolute Gasteiger partial charge is 0.338 e. The molecule has 2 unspecified atom stereocenters. The molecular formula is C29H44N4O8S. The van der Waals surface area contributed by atoms with Crippen LogP contribution in [0.1, 0.15) is 60.5 Å². The standard InChI is InChI=1S/C29H44N4O8S/c1-8-30-28(37)32-40-17-24(34)31-22(15-25(35)41-29(5,6)7)26(36)33(19(4)27(38-9-2)39-10-3)16-20-18-42-23-14-12-11-13-21(20)23/h11-14,18-19,22,27H,8-10,15-17H2,1-7H3,(H,31,34)(H2,30,32,37). The van der Waals surface area contributed by atoms with E-state index in [-0.39, 0.29) is 6.54 Å². The highest BCUT2D eigenvalue weighted by Gasteiger charge is 2.36. The number of benzene rings is 1. The fourth-order valence-corrected chi connectivity index (χ4v) is 5.07. The second kappa shape index (κ2) is 17.0. The molecule has 13 heteroatoms. The molecule has 0 spiro atoms. The van der Waals surface area contributed by atoms with E-state index in [1.165, 1.54) is 0 Å². The van der Waals surface area contributed by atoms with Gasteiger partial charge in [-0.05, 0) is 70.9 Å². The summed E-state index contributed by atoms with van der Waals surface area (Å²) in [5, 5.41) is 8.03. The van der Waals surface area contributed by atoms with Crippen LogP contribution in [0, 0.1) is 0 Å². The molecule has 2 rings (SSSR count). The Morgan fingerprint density at radius 3 is 2.31 bits per heavy atom. The van der Waals surface area contributed by atoms with Crippen LogP contribution >= 0.6 is 11.3 Å². The maximum Gasteiger partial charge on any atom is 0.338 e. The average Bonchev–Trinajstić information content (AvgIpc) is 3.32. The Morgan fingerprint density at radius 1 is 1.02 bits per heavy atom. The Bertz CT molecular complexity index is 1180. The SMILES string of the molecule is CCNC(=O)NOCC(=O)NC(CC(=O)OC(C)(C)C)C(=O)N(Cc1csc2ccccc12)C(C)C(OCC)OCC. The molecule has 1 aromatic heterocycles. The lowest BCUT2D eigenvalue weighted by atomic mass is 10.1. The Kier molecular flexibility index (Phi) is 14.1. The Balaban J connectivity index is 2.39. The van der Waals surface area contributed by atoms with Gasteiger partial charge in [-0.1, -0.05) is 18.2 Å². The zero-order chi connectivity index (χ0) is 31.3. The van der Waals surface area contributed by atoms with Crippen molar-refractivity contribution >= 4 is 45.2 Å². The van der Waals surface area contributed by atoms with Gasteiger partial charge in [0.2, 0.25) is 11.8 Å². The minimum Gasteiger partial charge on any atom is -0.460 e. The molecule has 234 valence electrons. The van der Waals surface area contributed by atoms with Gasteiger partial charge in [0.15, 0.2) is 12.9 Å². The van der Waals surface area contributed by atoms with Crippen LogP contribution in [0.25, 0.3) is 10.1 Å². The molecule has 0 radical (unpaired) electrons. The number of fused-ring (bicyclic) bond motifs is 1. The van der Waals surface area contributed by atoms with Crippen LogP contribution in [-0.2, 0) is 40.0 Å². The van der Waals surface area contributed by atoms with Crippen LogP contribution in [0.15, 0.2) is 29.6 Å². The number of carbonyl (C=O) groups excluding carboxylic acids is 4. The molecule has 2 aromatic rings. The van der Waals surface area contributed by atoms with Crippen molar-refractivity contribution in [3.05, 3.63) is 35.2 Å². The molecule has 0 saturated carbocycles. The van der Waals surface area contributed by atoms with Crippen molar-refractivity contribution in [3.63, 3.8) is 0 Å². The lowest BCUT2D eigenvalue weighted by Crippen LogP contribution is -2.55. The van der Waals surface area contributed by atoms with Crippen molar-refractivity contribution in [1.82, 2.24) is 21.0 Å². The van der Waals surface area contributed by atoms with Crippen molar-refractivity contribution in [2.45, 2.75) is 85.4 Å². The monoisotopic (exact) mass is 608 g/mol. The van der Waals surface area contributed by atoms with Gasteiger partial charge in [-0.25, -0.2) is 10.3 Å². The summed E-state index contributed by atoms with van der Waals surface area (Å²) in [6.07, 6.45) is -1.18. The van der Waals surface area contributed by atoms with Gasteiger partial charge in [-0.2, -0.15) is 0 Å². The van der Waals surface area contributed by atoms with E-state index in [0.29, 0.717) is 19.8 Å². The molecule has 0 fully saturated rings. The second-order valence-corrected chi connectivity index (χ2v) is 11.3. The first-order valence-corrected chi connectivity index (χ1v) is 14.9. The van der Waals surface area contributed by atoms with E-state index in [9.17, 15) is 19.2 Å². The molecular weight excluding hydrogens is 564 g/mol. The molecule has 3 N–H and O–H groups in total. The number of hydroxylamine groups is 1. The minimum atomic E-state index is -1.29. The van der Waals surface area contributed by atoms with Crippen LogP contribution in [-0.4, -0.2) is 79.1 Å².